The van der Waals surface area contributed by atoms with E-state index >= 15 is 0 Å². The van der Waals surface area contributed by atoms with Gasteiger partial charge in [-0.3, -0.25) is 0 Å². The number of hydrogen-bond acceptors (Lipinski definition) is 5. The molecule has 0 spiro atoms. The van der Waals surface area contributed by atoms with Crippen molar-refractivity contribution >= 4 is 0 Å². The summed E-state index contributed by atoms with van der Waals surface area (Å²) in [6.45, 7) is 18.6. The van der Waals surface area contributed by atoms with Crippen molar-refractivity contribution in [2.75, 3.05) is 26.2 Å². The van der Waals surface area contributed by atoms with Crippen LogP contribution in [0.2, 0.25) is 0 Å². The molecule has 0 amide bonds. The normalized spacial score (nSPS) is 42.8. The number of aliphatic hydroxyl groups is 2. The Balaban J connectivity index is 1.45. The highest BCUT2D eigenvalue weighted by Gasteiger charge is 2.67. The van der Waals surface area contributed by atoms with E-state index in [0.29, 0.717) is 23.7 Å². The van der Waals surface area contributed by atoms with Gasteiger partial charge in [-0.05, 0) is 137 Å². The molecule has 4 aliphatic carbocycles. The lowest BCUT2D eigenvalue weighted by Crippen LogP contribution is -2.71. The SMILES string of the molecule is CC(C)[C@H](C)CC[C@@H](C)[C@H]1CC[C@H]2[C@@H]3C[C@@H](NCCCCNCCCN)[C@@]4(O)C[C@@H](O)CC[C@]4(C)[C@H]3CC[C@]12C. The topological polar surface area (TPSA) is 90.5 Å². The minimum atomic E-state index is -0.808. The van der Waals surface area contributed by atoms with Crippen LogP contribution in [0.4, 0.5) is 0 Å². The van der Waals surface area contributed by atoms with E-state index in [-0.39, 0.29) is 17.6 Å². The van der Waals surface area contributed by atoms with Crippen molar-refractivity contribution in [2.45, 2.75) is 143 Å². The van der Waals surface area contributed by atoms with Crippen molar-refractivity contribution in [3.8, 4) is 0 Å². The number of nitrogens with two attached hydrogens (primary N) is 1. The first-order valence-corrected chi connectivity index (χ1v) is 17.5. The van der Waals surface area contributed by atoms with Crippen molar-refractivity contribution in [1.29, 1.82) is 0 Å². The van der Waals surface area contributed by atoms with E-state index in [4.69, 9.17) is 5.73 Å². The van der Waals surface area contributed by atoms with Crippen molar-refractivity contribution in [3.63, 3.8) is 0 Å². The Morgan fingerprint density at radius 1 is 0.875 bits per heavy atom. The molecule has 0 radical (unpaired) electrons. The fourth-order valence-electron chi connectivity index (χ4n) is 10.6. The molecule has 4 aliphatic rings. The molecule has 4 saturated carbocycles. The molecule has 234 valence electrons. The van der Waals surface area contributed by atoms with Gasteiger partial charge in [0.15, 0.2) is 0 Å². The van der Waals surface area contributed by atoms with Gasteiger partial charge in [0.2, 0.25) is 0 Å². The molecular formula is C35H67N3O2. The summed E-state index contributed by atoms with van der Waals surface area (Å²) >= 11 is 0. The maximum atomic E-state index is 12.5. The van der Waals surface area contributed by atoms with Gasteiger partial charge >= 0.3 is 0 Å². The summed E-state index contributed by atoms with van der Waals surface area (Å²) < 4.78 is 0. The molecule has 0 aliphatic heterocycles. The molecule has 11 atom stereocenters. The maximum absolute atomic E-state index is 12.5. The first kappa shape index (κ1) is 32.7. The highest BCUT2D eigenvalue weighted by Crippen LogP contribution is 2.69. The fraction of sp³-hybridized carbons (Fsp3) is 1.00. The van der Waals surface area contributed by atoms with Gasteiger partial charge in [-0.15, -0.1) is 0 Å². The molecule has 40 heavy (non-hydrogen) atoms. The summed E-state index contributed by atoms with van der Waals surface area (Å²) in [5.74, 6) is 5.31. The summed E-state index contributed by atoms with van der Waals surface area (Å²) in [6, 6.07) is 0.0876. The highest BCUT2D eigenvalue weighted by atomic mass is 16.3. The first-order valence-electron chi connectivity index (χ1n) is 17.5. The van der Waals surface area contributed by atoms with E-state index in [0.717, 1.165) is 94.3 Å². The number of fused-ring (bicyclic) bond motifs is 5. The second-order valence-electron chi connectivity index (χ2n) is 16.0. The number of aliphatic hydroxyl groups excluding tert-OH is 1. The van der Waals surface area contributed by atoms with E-state index < -0.39 is 5.60 Å². The number of nitrogens with one attached hydrogen (secondary N) is 2. The maximum Gasteiger partial charge on any atom is 0.0880 e. The standard InChI is InChI=1S/C35H67N3O2/c1-24(2)25(3)10-11-26(4)29-12-13-30-28-22-32(38-21-8-7-19-37-20-9-18-36)35(40)23-27(39)14-17-34(35,6)31(28)15-16-33(29,30)5/h24-32,37-40H,7-23,36H2,1-6H3/t25-,26-,27+,28+,29-,30+,31+,32-,33-,34-,35+/m1/s1. The highest BCUT2D eigenvalue weighted by molar-refractivity contribution is 5.18. The van der Waals surface area contributed by atoms with Gasteiger partial charge in [-0.2, -0.15) is 0 Å². The van der Waals surface area contributed by atoms with Crippen LogP contribution in [0.15, 0.2) is 0 Å². The Labute approximate surface area is 247 Å². The molecule has 0 unspecified atom stereocenters. The Hall–Kier alpha value is -0.200. The second-order valence-corrected chi connectivity index (χ2v) is 16.0. The summed E-state index contributed by atoms with van der Waals surface area (Å²) in [5.41, 5.74) is 5.15. The molecule has 0 heterocycles. The average Bonchev–Trinajstić information content (AvgIpc) is 3.27. The molecular weight excluding hydrogens is 494 g/mol. The third kappa shape index (κ3) is 6.35. The summed E-state index contributed by atoms with van der Waals surface area (Å²) in [7, 11) is 0. The minimum Gasteiger partial charge on any atom is -0.393 e. The zero-order valence-corrected chi connectivity index (χ0v) is 27.2. The van der Waals surface area contributed by atoms with Crippen molar-refractivity contribution < 1.29 is 10.2 Å². The van der Waals surface area contributed by atoms with E-state index in [1.807, 2.05) is 0 Å². The van der Waals surface area contributed by atoms with Gasteiger partial charge in [0.25, 0.3) is 0 Å². The Morgan fingerprint density at radius 2 is 1.60 bits per heavy atom. The van der Waals surface area contributed by atoms with Crippen LogP contribution in [0.5, 0.6) is 0 Å². The summed E-state index contributed by atoms with van der Waals surface area (Å²) in [5, 5.41) is 30.6. The largest absolute Gasteiger partial charge is 0.393 e. The first-order chi connectivity index (χ1) is 19.0. The number of hydrogen-bond donors (Lipinski definition) is 5. The number of rotatable bonds is 14. The van der Waals surface area contributed by atoms with Crippen molar-refractivity contribution in [2.24, 2.45) is 58.0 Å². The zero-order chi connectivity index (χ0) is 29.1. The molecule has 5 heteroatoms. The van der Waals surface area contributed by atoms with E-state index in [1.165, 1.54) is 38.5 Å². The molecule has 6 N–H and O–H groups in total. The van der Waals surface area contributed by atoms with E-state index in [1.54, 1.807) is 0 Å². The molecule has 0 aromatic rings. The minimum absolute atomic E-state index is 0.0876. The zero-order valence-electron chi connectivity index (χ0n) is 27.2. The third-order valence-corrected chi connectivity index (χ3v) is 13.6. The van der Waals surface area contributed by atoms with Crippen LogP contribution < -0.4 is 16.4 Å². The Morgan fingerprint density at radius 3 is 2.33 bits per heavy atom. The predicted octanol–water partition coefficient (Wildman–Crippen LogP) is 6.12. The quantitative estimate of drug-likeness (QED) is 0.165. The third-order valence-electron chi connectivity index (χ3n) is 13.6. The van der Waals surface area contributed by atoms with Crippen LogP contribution in [0.25, 0.3) is 0 Å². The van der Waals surface area contributed by atoms with E-state index in [2.05, 4.69) is 52.2 Å². The monoisotopic (exact) mass is 562 g/mol. The van der Waals surface area contributed by atoms with Crippen molar-refractivity contribution in [1.82, 2.24) is 10.6 Å². The molecule has 5 nitrogen and oxygen atoms in total. The van der Waals surface area contributed by atoms with Crippen LogP contribution in [0.3, 0.4) is 0 Å². The van der Waals surface area contributed by atoms with Crippen LogP contribution in [-0.2, 0) is 0 Å². The second kappa shape index (κ2) is 13.6. The van der Waals surface area contributed by atoms with Gasteiger partial charge in [0, 0.05) is 17.9 Å². The Bertz CT molecular complexity index is 793. The Kier molecular flexibility index (Phi) is 11.1. The molecule has 0 saturated heterocycles. The molecule has 0 aromatic carbocycles. The molecule has 0 bridgehead atoms. The van der Waals surface area contributed by atoms with Gasteiger partial charge in [-0.25, -0.2) is 0 Å². The van der Waals surface area contributed by atoms with Gasteiger partial charge in [0.05, 0.1) is 11.7 Å². The summed E-state index contributed by atoms with van der Waals surface area (Å²) in [4.78, 5) is 0. The predicted molar refractivity (Wildman–Crippen MR) is 168 cm³/mol. The smallest absolute Gasteiger partial charge is 0.0880 e. The van der Waals surface area contributed by atoms with Gasteiger partial charge in [-0.1, -0.05) is 54.4 Å². The van der Waals surface area contributed by atoms with Gasteiger partial charge < -0.3 is 26.6 Å². The van der Waals surface area contributed by atoms with Crippen LogP contribution in [0.1, 0.15) is 125 Å². The lowest BCUT2D eigenvalue weighted by atomic mass is 9.42. The molecule has 0 aromatic heterocycles. The van der Waals surface area contributed by atoms with Crippen molar-refractivity contribution in [3.05, 3.63) is 0 Å². The van der Waals surface area contributed by atoms with E-state index in [9.17, 15) is 10.2 Å². The molecule has 4 fully saturated rings. The number of unbranched alkanes of at least 4 members (excludes halogenated alkanes) is 1. The molecule has 4 rings (SSSR count). The lowest BCUT2D eigenvalue weighted by Gasteiger charge is -2.66. The van der Waals surface area contributed by atoms with Crippen LogP contribution in [-0.4, -0.2) is 54.1 Å². The van der Waals surface area contributed by atoms with Crippen LogP contribution in [0, 0.1) is 52.3 Å². The van der Waals surface area contributed by atoms with Gasteiger partial charge in [0.1, 0.15) is 0 Å². The van der Waals surface area contributed by atoms with Crippen LogP contribution >= 0.6 is 0 Å². The average molecular weight is 562 g/mol. The fourth-order valence-corrected chi connectivity index (χ4v) is 10.6. The summed E-state index contributed by atoms with van der Waals surface area (Å²) in [6.07, 6.45) is 14.5. The lowest BCUT2D eigenvalue weighted by molar-refractivity contribution is -0.234.